The standard InChI is InChI=1S/C20H22ClN3O3/c1-12(13-5-6-18-19(10-13)27-8-7-26-18)22-20(25)17-11-16(23-24-17)14-3-2-4-15(21)9-14/h2-6,9-10,12,16-17,23-24H,7-8,11H2,1H3,(H,22,25). The molecule has 2 aliphatic heterocycles. The van der Waals surface area contributed by atoms with Crippen LogP contribution in [0.1, 0.15) is 36.6 Å². The molecule has 2 aromatic carbocycles. The Bertz CT molecular complexity index is 845. The molecule has 7 heteroatoms. The van der Waals surface area contributed by atoms with E-state index in [-0.39, 0.29) is 24.0 Å². The van der Waals surface area contributed by atoms with Crippen LogP contribution in [0.3, 0.4) is 0 Å². The van der Waals surface area contributed by atoms with Gasteiger partial charge in [-0.25, -0.2) is 10.9 Å². The van der Waals surface area contributed by atoms with Gasteiger partial charge < -0.3 is 14.8 Å². The molecule has 6 nitrogen and oxygen atoms in total. The van der Waals surface area contributed by atoms with Crippen molar-refractivity contribution in [3.63, 3.8) is 0 Å². The van der Waals surface area contributed by atoms with E-state index in [0.717, 1.165) is 22.6 Å². The number of amides is 1. The van der Waals surface area contributed by atoms with Gasteiger partial charge in [0.2, 0.25) is 5.91 Å². The van der Waals surface area contributed by atoms with Gasteiger partial charge in [-0.3, -0.25) is 4.79 Å². The number of carbonyl (C=O) groups is 1. The summed E-state index contributed by atoms with van der Waals surface area (Å²) in [4.78, 5) is 12.7. The molecule has 4 rings (SSSR count). The molecule has 27 heavy (non-hydrogen) atoms. The molecule has 1 fully saturated rings. The zero-order valence-corrected chi connectivity index (χ0v) is 15.8. The van der Waals surface area contributed by atoms with Crippen molar-refractivity contribution >= 4 is 17.5 Å². The van der Waals surface area contributed by atoms with Gasteiger partial charge in [0.1, 0.15) is 19.3 Å². The molecule has 0 aliphatic carbocycles. The van der Waals surface area contributed by atoms with Crippen LogP contribution >= 0.6 is 11.6 Å². The third-order valence-electron chi connectivity index (χ3n) is 4.90. The quantitative estimate of drug-likeness (QED) is 0.752. The zero-order chi connectivity index (χ0) is 18.8. The van der Waals surface area contributed by atoms with Gasteiger partial charge >= 0.3 is 0 Å². The molecule has 1 amide bonds. The van der Waals surface area contributed by atoms with Crippen LogP contribution in [-0.4, -0.2) is 25.2 Å². The van der Waals surface area contributed by atoms with E-state index in [2.05, 4.69) is 16.2 Å². The first-order valence-corrected chi connectivity index (χ1v) is 9.44. The van der Waals surface area contributed by atoms with E-state index < -0.39 is 0 Å². The number of ether oxygens (including phenoxy) is 2. The lowest BCUT2D eigenvalue weighted by Gasteiger charge is -2.22. The molecule has 1 saturated heterocycles. The van der Waals surface area contributed by atoms with E-state index in [9.17, 15) is 4.79 Å². The Balaban J connectivity index is 1.38. The summed E-state index contributed by atoms with van der Waals surface area (Å²) in [6, 6.07) is 13.0. The van der Waals surface area contributed by atoms with E-state index in [1.54, 1.807) is 0 Å². The van der Waals surface area contributed by atoms with Crippen LogP contribution in [0.5, 0.6) is 11.5 Å². The number of nitrogens with one attached hydrogen (secondary N) is 3. The predicted molar refractivity (Wildman–Crippen MR) is 103 cm³/mol. The second-order valence-electron chi connectivity index (χ2n) is 6.82. The molecule has 0 saturated carbocycles. The number of rotatable bonds is 4. The average Bonchev–Trinajstić information content (AvgIpc) is 3.18. The first-order chi connectivity index (χ1) is 13.1. The van der Waals surface area contributed by atoms with Gasteiger partial charge in [0.15, 0.2) is 11.5 Å². The predicted octanol–water partition coefficient (Wildman–Crippen LogP) is 2.90. The molecule has 3 atom stereocenters. The first kappa shape index (κ1) is 18.1. The lowest BCUT2D eigenvalue weighted by Crippen LogP contribution is -2.43. The number of halogens is 1. The molecule has 3 unspecified atom stereocenters. The summed E-state index contributed by atoms with van der Waals surface area (Å²) < 4.78 is 11.2. The van der Waals surface area contributed by atoms with Crippen molar-refractivity contribution in [3.8, 4) is 11.5 Å². The maximum Gasteiger partial charge on any atom is 0.239 e. The SMILES string of the molecule is CC(NC(=O)C1CC(c2cccc(Cl)c2)NN1)c1ccc2c(c1)OCCO2. The van der Waals surface area contributed by atoms with Crippen LogP contribution < -0.4 is 25.6 Å². The lowest BCUT2D eigenvalue weighted by molar-refractivity contribution is -0.123. The molecule has 142 valence electrons. The highest BCUT2D eigenvalue weighted by molar-refractivity contribution is 6.30. The Kier molecular flexibility index (Phi) is 5.20. The highest BCUT2D eigenvalue weighted by atomic mass is 35.5. The molecular formula is C20H22ClN3O3. The second kappa shape index (κ2) is 7.76. The normalized spacial score (nSPS) is 22.3. The van der Waals surface area contributed by atoms with Crippen LogP contribution in [0, 0.1) is 0 Å². The summed E-state index contributed by atoms with van der Waals surface area (Å²) in [6.45, 7) is 3.06. The van der Waals surface area contributed by atoms with Gasteiger partial charge in [-0.2, -0.15) is 0 Å². The van der Waals surface area contributed by atoms with Crippen molar-refractivity contribution in [2.24, 2.45) is 0 Å². The van der Waals surface area contributed by atoms with Crippen molar-refractivity contribution < 1.29 is 14.3 Å². The Morgan fingerprint density at radius 1 is 1.15 bits per heavy atom. The summed E-state index contributed by atoms with van der Waals surface area (Å²) >= 11 is 6.06. The minimum absolute atomic E-state index is 0.0454. The van der Waals surface area contributed by atoms with E-state index in [1.807, 2.05) is 49.4 Å². The first-order valence-electron chi connectivity index (χ1n) is 9.06. The zero-order valence-electron chi connectivity index (χ0n) is 15.0. The third kappa shape index (κ3) is 4.03. The van der Waals surface area contributed by atoms with E-state index in [0.29, 0.717) is 24.7 Å². The van der Waals surface area contributed by atoms with Crippen molar-refractivity contribution in [1.82, 2.24) is 16.2 Å². The summed E-state index contributed by atoms with van der Waals surface area (Å²) in [5, 5.41) is 3.75. The molecule has 3 N–H and O–H groups in total. The van der Waals surface area contributed by atoms with Crippen molar-refractivity contribution in [2.75, 3.05) is 13.2 Å². The monoisotopic (exact) mass is 387 g/mol. The molecular weight excluding hydrogens is 366 g/mol. The van der Waals surface area contributed by atoms with E-state index >= 15 is 0 Å². The summed E-state index contributed by atoms with van der Waals surface area (Å²) in [6.07, 6.45) is 0.653. The summed E-state index contributed by atoms with van der Waals surface area (Å²) in [7, 11) is 0. The fourth-order valence-corrected chi connectivity index (χ4v) is 3.60. The minimum Gasteiger partial charge on any atom is -0.486 e. The number of hydrogen-bond acceptors (Lipinski definition) is 5. The maximum absolute atomic E-state index is 12.7. The highest BCUT2D eigenvalue weighted by Gasteiger charge is 2.31. The smallest absolute Gasteiger partial charge is 0.239 e. The van der Waals surface area contributed by atoms with Gasteiger partial charge in [0.05, 0.1) is 6.04 Å². The lowest BCUT2D eigenvalue weighted by atomic mass is 10.0. The van der Waals surface area contributed by atoms with Crippen molar-refractivity contribution in [3.05, 3.63) is 58.6 Å². The Hall–Kier alpha value is -2.28. The van der Waals surface area contributed by atoms with Gasteiger partial charge in [-0.15, -0.1) is 0 Å². The van der Waals surface area contributed by atoms with E-state index in [1.165, 1.54) is 0 Å². The van der Waals surface area contributed by atoms with Gasteiger partial charge in [-0.05, 0) is 48.7 Å². The average molecular weight is 388 g/mol. The topological polar surface area (TPSA) is 71.6 Å². The number of benzene rings is 2. The van der Waals surface area contributed by atoms with Crippen molar-refractivity contribution in [1.29, 1.82) is 0 Å². The van der Waals surface area contributed by atoms with Gasteiger partial charge in [0, 0.05) is 11.1 Å². The molecule has 2 aliphatic rings. The maximum atomic E-state index is 12.7. The molecule has 2 aromatic rings. The van der Waals surface area contributed by atoms with Crippen LogP contribution in [0.25, 0.3) is 0 Å². The van der Waals surface area contributed by atoms with Crippen LogP contribution in [0.4, 0.5) is 0 Å². The molecule has 2 heterocycles. The van der Waals surface area contributed by atoms with Gasteiger partial charge in [-0.1, -0.05) is 29.8 Å². The largest absolute Gasteiger partial charge is 0.486 e. The fourth-order valence-electron chi connectivity index (χ4n) is 3.40. The second-order valence-corrected chi connectivity index (χ2v) is 7.25. The van der Waals surface area contributed by atoms with E-state index in [4.69, 9.17) is 21.1 Å². The Morgan fingerprint density at radius 3 is 2.78 bits per heavy atom. The van der Waals surface area contributed by atoms with Crippen LogP contribution in [-0.2, 0) is 4.79 Å². The molecule has 0 bridgehead atoms. The summed E-state index contributed by atoms with van der Waals surface area (Å²) in [5.74, 6) is 1.42. The molecule has 0 aromatic heterocycles. The minimum atomic E-state index is -0.311. The van der Waals surface area contributed by atoms with Crippen molar-refractivity contribution in [2.45, 2.75) is 31.5 Å². The number of hydrogen-bond donors (Lipinski definition) is 3. The Labute approximate surface area is 163 Å². The van der Waals surface area contributed by atoms with Crippen LogP contribution in [0.2, 0.25) is 5.02 Å². The van der Waals surface area contributed by atoms with Gasteiger partial charge in [0.25, 0.3) is 0 Å². The fraction of sp³-hybridized carbons (Fsp3) is 0.350. The molecule has 0 spiro atoms. The third-order valence-corrected chi connectivity index (χ3v) is 5.13. The number of carbonyl (C=O) groups excluding carboxylic acids is 1. The number of hydrazine groups is 1. The Morgan fingerprint density at radius 2 is 1.96 bits per heavy atom. The number of fused-ring (bicyclic) bond motifs is 1. The highest BCUT2D eigenvalue weighted by Crippen LogP contribution is 2.32. The van der Waals surface area contributed by atoms with Crippen LogP contribution in [0.15, 0.2) is 42.5 Å². The molecule has 0 radical (unpaired) electrons. The summed E-state index contributed by atoms with van der Waals surface area (Å²) in [5.41, 5.74) is 8.30.